The van der Waals surface area contributed by atoms with Crippen LogP contribution in [-0.2, 0) is 4.57 Å². The molecule has 0 spiro atoms. The molecule has 0 saturated heterocycles. The second-order valence-electron chi connectivity index (χ2n) is 3.88. The molecule has 0 saturated carbocycles. The van der Waals surface area contributed by atoms with Gasteiger partial charge in [0.1, 0.15) is 0 Å². The summed E-state index contributed by atoms with van der Waals surface area (Å²) in [7, 11) is 2.06. The molecule has 0 fully saturated rings. The van der Waals surface area contributed by atoms with E-state index in [0.717, 1.165) is 4.48 Å². The number of hydrogen-bond donors (Lipinski definition) is 3. The molecule has 13 heavy (non-hydrogen) atoms. The summed E-state index contributed by atoms with van der Waals surface area (Å²) in [5, 5.41) is 0. The molecular formula is C7H21NO4P+. The molecule has 0 aliphatic carbocycles. The van der Waals surface area contributed by atoms with Crippen molar-refractivity contribution < 1.29 is 23.7 Å². The molecule has 0 atom stereocenters. The summed E-state index contributed by atoms with van der Waals surface area (Å²) in [4.78, 5) is 21.6. The monoisotopic (exact) mass is 214 g/mol. The van der Waals surface area contributed by atoms with Gasteiger partial charge >= 0.3 is 7.82 Å². The van der Waals surface area contributed by atoms with Crippen LogP contribution >= 0.6 is 7.82 Å². The zero-order chi connectivity index (χ0) is 11.1. The third-order valence-electron chi connectivity index (χ3n) is 1.18. The molecule has 0 aliphatic heterocycles. The van der Waals surface area contributed by atoms with E-state index in [1.54, 1.807) is 0 Å². The van der Waals surface area contributed by atoms with E-state index in [1.165, 1.54) is 19.4 Å². The highest BCUT2D eigenvalue weighted by molar-refractivity contribution is 7.45. The summed E-state index contributed by atoms with van der Waals surface area (Å²) in [6.07, 6.45) is 2.67. The van der Waals surface area contributed by atoms with Gasteiger partial charge in [-0.15, -0.1) is 0 Å². The van der Waals surface area contributed by atoms with E-state index in [1.807, 2.05) is 0 Å². The van der Waals surface area contributed by atoms with Crippen LogP contribution in [0.5, 0.6) is 0 Å². The van der Waals surface area contributed by atoms with Crippen LogP contribution in [0, 0.1) is 0 Å². The second kappa shape index (κ2) is 6.51. The van der Waals surface area contributed by atoms with Crippen LogP contribution < -0.4 is 0 Å². The van der Waals surface area contributed by atoms with Gasteiger partial charge in [-0.3, -0.25) is 0 Å². The van der Waals surface area contributed by atoms with Gasteiger partial charge in [0, 0.05) is 0 Å². The summed E-state index contributed by atoms with van der Waals surface area (Å²) in [5.41, 5.74) is 0. The van der Waals surface area contributed by atoms with Crippen molar-refractivity contribution in [1.29, 1.82) is 0 Å². The number of hydrogen-bond acceptors (Lipinski definition) is 1. The molecule has 0 aromatic heterocycles. The van der Waals surface area contributed by atoms with Crippen LogP contribution in [0.4, 0.5) is 0 Å². The van der Waals surface area contributed by atoms with Gasteiger partial charge in [-0.25, -0.2) is 4.57 Å². The zero-order valence-corrected chi connectivity index (χ0v) is 9.66. The van der Waals surface area contributed by atoms with E-state index >= 15 is 0 Å². The number of phosphoric acid groups is 1. The minimum Gasteiger partial charge on any atom is -0.331 e. The summed E-state index contributed by atoms with van der Waals surface area (Å²) in [5.74, 6) is 0. The van der Waals surface area contributed by atoms with Crippen LogP contribution in [0.1, 0.15) is 19.8 Å². The topological polar surface area (TPSA) is 77.8 Å². The lowest BCUT2D eigenvalue weighted by atomic mass is 10.3. The minimum absolute atomic E-state index is 1.10. The molecule has 0 aromatic rings. The number of rotatable bonds is 3. The molecule has 82 valence electrons. The lowest BCUT2D eigenvalue weighted by Gasteiger charge is -2.23. The van der Waals surface area contributed by atoms with Crippen molar-refractivity contribution in [2.75, 3.05) is 27.7 Å². The molecule has 0 radical (unpaired) electrons. The minimum atomic E-state index is -4.64. The summed E-state index contributed by atoms with van der Waals surface area (Å²) >= 11 is 0. The molecule has 0 unspecified atom stereocenters. The normalized spacial score (nSPS) is 11.9. The average Bonchev–Trinajstić information content (AvgIpc) is 1.77. The third kappa shape index (κ3) is 47.6. The smallest absolute Gasteiger partial charge is 0.331 e. The molecule has 0 rings (SSSR count). The Kier molecular flexibility index (Phi) is 7.78. The van der Waals surface area contributed by atoms with Gasteiger partial charge in [0.2, 0.25) is 0 Å². The average molecular weight is 214 g/mol. The first-order valence-corrected chi connectivity index (χ1v) is 5.71. The van der Waals surface area contributed by atoms with Crippen LogP contribution in [-0.4, -0.2) is 46.9 Å². The number of quaternary nitrogens is 1. The first kappa shape index (κ1) is 15.5. The zero-order valence-electron chi connectivity index (χ0n) is 8.77. The lowest BCUT2D eigenvalue weighted by molar-refractivity contribution is -0.870. The fraction of sp³-hybridized carbons (Fsp3) is 1.00. The van der Waals surface area contributed by atoms with Crippen molar-refractivity contribution in [3.05, 3.63) is 0 Å². The summed E-state index contributed by atoms with van der Waals surface area (Å²) < 4.78 is 9.99. The van der Waals surface area contributed by atoms with Gasteiger partial charge in [-0.1, -0.05) is 13.3 Å². The first-order chi connectivity index (χ1) is 5.56. The fourth-order valence-electron chi connectivity index (χ4n) is 0.632. The predicted molar refractivity (Wildman–Crippen MR) is 52.1 cm³/mol. The molecule has 6 heteroatoms. The second-order valence-corrected chi connectivity index (χ2v) is 4.91. The Hall–Kier alpha value is 0.0700. The molecule has 0 heterocycles. The van der Waals surface area contributed by atoms with E-state index in [2.05, 4.69) is 28.1 Å². The highest BCUT2D eigenvalue weighted by Gasteiger charge is 2.03. The lowest BCUT2D eigenvalue weighted by Crippen LogP contribution is -2.35. The van der Waals surface area contributed by atoms with Crippen molar-refractivity contribution in [2.24, 2.45) is 0 Å². The summed E-state index contributed by atoms with van der Waals surface area (Å²) in [6.45, 7) is 3.53. The molecule has 0 aliphatic rings. The Morgan fingerprint density at radius 3 is 1.54 bits per heavy atom. The maximum absolute atomic E-state index is 8.88. The van der Waals surface area contributed by atoms with E-state index in [9.17, 15) is 0 Å². The molecule has 5 nitrogen and oxygen atoms in total. The van der Waals surface area contributed by atoms with Crippen LogP contribution in [0.15, 0.2) is 0 Å². The quantitative estimate of drug-likeness (QED) is 0.474. The Bertz CT molecular complexity index is 152. The SMILES string of the molecule is CCCC[N+](C)(C)C.O=P(O)(O)O. The largest absolute Gasteiger partial charge is 0.466 e. The number of nitrogens with zero attached hydrogens (tertiary/aromatic N) is 1. The van der Waals surface area contributed by atoms with Gasteiger partial charge in [0.25, 0.3) is 0 Å². The third-order valence-corrected chi connectivity index (χ3v) is 1.18. The van der Waals surface area contributed by atoms with Crippen LogP contribution in [0.2, 0.25) is 0 Å². The van der Waals surface area contributed by atoms with E-state index in [-0.39, 0.29) is 0 Å². The van der Waals surface area contributed by atoms with E-state index in [0.29, 0.717) is 0 Å². The molecular weight excluding hydrogens is 193 g/mol. The molecule has 3 N–H and O–H groups in total. The number of unbranched alkanes of at least 4 members (excludes halogenated alkanes) is 1. The Labute approximate surface area is 79.8 Å². The van der Waals surface area contributed by atoms with Crippen molar-refractivity contribution in [3.63, 3.8) is 0 Å². The highest BCUT2D eigenvalue weighted by Crippen LogP contribution is 2.25. The van der Waals surface area contributed by atoms with Crippen LogP contribution in [0.25, 0.3) is 0 Å². The predicted octanol–water partition coefficient (Wildman–Crippen LogP) is 0.564. The van der Waals surface area contributed by atoms with Crippen molar-refractivity contribution >= 4 is 7.82 Å². The first-order valence-electron chi connectivity index (χ1n) is 4.15. The van der Waals surface area contributed by atoms with Gasteiger partial charge in [-0.2, -0.15) is 0 Å². The van der Waals surface area contributed by atoms with Gasteiger partial charge in [-0.05, 0) is 6.42 Å². The molecule has 0 bridgehead atoms. The van der Waals surface area contributed by atoms with E-state index < -0.39 is 7.82 Å². The Morgan fingerprint density at radius 1 is 1.15 bits per heavy atom. The fourth-order valence-corrected chi connectivity index (χ4v) is 0.632. The Morgan fingerprint density at radius 2 is 1.46 bits per heavy atom. The van der Waals surface area contributed by atoms with Gasteiger partial charge < -0.3 is 19.2 Å². The van der Waals surface area contributed by atoms with Crippen molar-refractivity contribution in [2.45, 2.75) is 19.8 Å². The maximum atomic E-state index is 8.88. The van der Waals surface area contributed by atoms with Crippen molar-refractivity contribution in [3.8, 4) is 0 Å². The van der Waals surface area contributed by atoms with Crippen LogP contribution in [0.3, 0.4) is 0 Å². The molecule has 0 amide bonds. The van der Waals surface area contributed by atoms with Crippen molar-refractivity contribution in [1.82, 2.24) is 0 Å². The Balaban J connectivity index is 0. The van der Waals surface area contributed by atoms with Gasteiger partial charge in [0.15, 0.2) is 0 Å². The maximum Gasteiger partial charge on any atom is 0.466 e. The highest BCUT2D eigenvalue weighted by atomic mass is 31.2. The summed E-state index contributed by atoms with van der Waals surface area (Å²) in [6, 6.07) is 0. The van der Waals surface area contributed by atoms with E-state index in [4.69, 9.17) is 19.2 Å². The van der Waals surface area contributed by atoms with Gasteiger partial charge in [0.05, 0.1) is 27.7 Å². The molecule has 0 aromatic carbocycles. The standard InChI is InChI=1S/C7H18N.H3O4P/c1-5-6-7-8(2,3)4;1-5(2,3)4/h5-7H2,1-4H3;(H3,1,2,3,4)/q+1;.